The summed E-state index contributed by atoms with van der Waals surface area (Å²) < 4.78 is 6.60. The molecule has 2 rings (SSSR count). The van der Waals surface area contributed by atoms with E-state index in [4.69, 9.17) is 4.74 Å². The number of hydrogen-bond donors (Lipinski definition) is 0. The lowest BCUT2D eigenvalue weighted by atomic mass is 10.1. The lowest BCUT2D eigenvalue weighted by molar-refractivity contribution is 0.0216. The van der Waals surface area contributed by atoms with Crippen LogP contribution in [0.5, 0.6) is 0 Å². The van der Waals surface area contributed by atoms with Crippen LogP contribution in [-0.2, 0) is 11.3 Å². The number of carbonyl (C=O) groups excluding carboxylic acids is 1. The van der Waals surface area contributed by atoms with Crippen LogP contribution in [0.25, 0.3) is 0 Å². The molecule has 110 valence electrons. The molecule has 20 heavy (non-hydrogen) atoms. The van der Waals surface area contributed by atoms with E-state index in [1.54, 1.807) is 0 Å². The van der Waals surface area contributed by atoms with Gasteiger partial charge in [0.05, 0.1) is 0 Å². The minimum Gasteiger partial charge on any atom is -0.444 e. The second kappa shape index (κ2) is 5.76. The van der Waals surface area contributed by atoms with Crippen molar-refractivity contribution in [3.05, 3.63) is 33.8 Å². The third-order valence-electron chi connectivity index (χ3n) is 3.34. The van der Waals surface area contributed by atoms with Crippen molar-refractivity contribution in [2.45, 2.75) is 58.7 Å². The Labute approximate surface area is 129 Å². The van der Waals surface area contributed by atoms with Crippen molar-refractivity contribution in [3.8, 4) is 0 Å². The molecule has 0 aromatic heterocycles. The lowest BCUT2D eigenvalue weighted by Gasteiger charge is -2.28. The molecule has 0 unspecified atom stereocenters. The van der Waals surface area contributed by atoms with E-state index in [0.717, 1.165) is 22.9 Å². The molecular formula is C16H22BrNO2. The van der Waals surface area contributed by atoms with Gasteiger partial charge in [0.1, 0.15) is 5.60 Å². The molecule has 0 saturated heterocycles. The Hall–Kier alpha value is -1.03. The fraction of sp³-hybridized carbons (Fsp3) is 0.562. The third-order valence-corrected chi connectivity index (χ3v) is 4.20. The van der Waals surface area contributed by atoms with Crippen LogP contribution in [0, 0.1) is 6.92 Å². The molecular weight excluding hydrogens is 318 g/mol. The van der Waals surface area contributed by atoms with E-state index in [-0.39, 0.29) is 6.09 Å². The zero-order chi connectivity index (χ0) is 14.9. The van der Waals surface area contributed by atoms with Gasteiger partial charge in [-0.1, -0.05) is 28.1 Å². The Balaban J connectivity index is 2.14. The molecule has 0 bridgehead atoms. The van der Waals surface area contributed by atoms with Crippen LogP contribution < -0.4 is 0 Å². The van der Waals surface area contributed by atoms with E-state index in [0.29, 0.717) is 12.6 Å². The molecule has 1 saturated carbocycles. The van der Waals surface area contributed by atoms with Crippen LogP contribution in [0.1, 0.15) is 44.7 Å². The fourth-order valence-corrected chi connectivity index (χ4v) is 2.46. The van der Waals surface area contributed by atoms with E-state index in [1.807, 2.05) is 37.8 Å². The Morgan fingerprint density at radius 2 is 2.05 bits per heavy atom. The predicted molar refractivity (Wildman–Crippen MR) is 83.7 cm³/mol. The summed E-state index contributed by atoms with van der Waals surface area (Å²) in [4.78, 5) is 14.2. The normalized spacial score (nSPS) is 15.1. The van der Waals surface area contributed by atoms with Gasteiger partial charge in [-0.15, -0.1) is 0 Å². The van der Waals surface area contributed by atoms with E-state index in [9.17, 15) is 4.79 Å². The zero-order valence-corrected chi connectivity index (χ0v) is 14.2. The number of benzene rings is 1. The monoisotopic (exact) mass is 339 g/mol. The maximum absolute atomic E-state index is 12.3. The average Bonchev–Trinajstić information content (AvgIpc) is 3.12. The van der Waals surface area contributed by atoms with Gasteiger partial charge in [-0.2, -0.15) is 0 Å². The van der Waals surface area contributed by atoms with Crippen molar-refractivity contribution in [1.29, 1.82) is 0 Å². The lowest BCUT2D eigenvalue weighted by Crippen LogP contribution is -2.38. The van der Waals surface area contributed by atoms with Crippen LogP contribution in [0.15, 0.2) is 22.7 Å². The minimum absolute atomic E-state index is 0.209. The first-order chi connectivity index (χ1) is 9.28. The van der Waals surface area contributed by atoms with Crippen LogP contribution in [-0.4, -0.2) is 22.6 Å². The minimum atomic E-state index is -0.448. The summed E-state index contributed by atoms with van der Waals surface area (Å²) in [5, 5.41) is 0. The van der Waals surface area contributed by atoms with E-state index in [1.165, 1.54) is 5.56 Å². The first kappa shape index (κ1) is 15.4. The molecule has 1 aromatic carbocycles. The van der Waals surface area contributed by atoms with Gasteiger partial charge < -0.3 is 9.64 Å². The number of nitrogens with zero attached hydrogens (tertiary/aromatic N) is 1. The topological polar surface area (TPSA) is 29.5 Å². The number of halogens is 1. The molecule has 0 atom stereocenters. The van der Waals surface area contributed by atoms with Crippen LogP contribution in [0.2, 0.25) is 0 Å². The Morgan fingerprint density at radius 3 is 2.60 bits per heavy atom. The van der Waals surface area contributed by atoms with Crippen molar-refractivity contribution in [3.63, 3.8) is 0 Å². The van der Waals surface area contributed by atoms with Gasteiger partial charge in [-0.25, -0.2) is 4.79 Å². The first-order valence-electron chi connectivity index (χ1n) is 7.01. The summed E-state index contributed by atoms with van der Waals surface area (Å²) >= 11 is 3.54. The molecule has 1 aliphatic carbocycles. The maximum atomic E-state index is 12.3. The first-order valence-corrected chi connectivity index (χ1v) is 7.81. The molecule has 0 heterocycles. The molecule has 0 aliphatic heterocycles. The molecule has 4 heteroatoms. The van der Waals surface area contributed by atoms with Gasteiger partial charge in [0.25, 0.3) is 0 Å². The van der Waals surface area contributed by atoms with Crippen LogP contribution >= 0.6 is 15.9 Å². The number of rotatable bonds is 3. The highest BCUT2D eigenvalue weighted by molar-refractivity contribution is 9.10. The molecule has 1 aromatic rings. The van der Waals surface area contributed by atoms with Gasteiger partial charge >= 0.3 is 6.09 Å². The van der Waals surface area contributed by atoms with Crippen LogP contribution in [0.4, 0.5) is 4.79 Å². The predicted octanol–water partition coefficient (Wildman–Crippen LogP) is 4.66. The third kappa shape index (κ3) is 3.98. The van der Waals surface area contributed by atoms with E-state index >= 15 is 0 Å². The summed E-state index contributed by atoms with van der Waals surface area (Å²) in [6.07, 6.45) is 1.94. The number of carbonyl (C=O) groups is 1. The second-order valence-electron chi connectivity index (χ2n) is 6.36. The summed E-state index contributed by atoms with van der Waals surface area (Å²) in [6, 6.07) is 6.43. The fourth-order valence-electron chi connectivity index (χ4n) is 2.06. The largest absolute Gasteiger partial charge is 0.444 e. The molecule has 1 amide bonds. The van der Waals surface area contributed by atoms with Gasteiger partial charge in [-0.3, -0.25) is 0 Å². The van der Waals surface area contributed by atoms with Crippen molar-refractivity contribution in [2.75, 3.05) is 0 Å². The Kier molecular flexibility index (Phi) is 4.43. The number of hydrogen-bond acceptors (Lipinski definition) is 2. The maximum Gasteiger partial charge on any atom is 0.410 e. The quantitative estimate of drug-likeness (QED) is 0.801. The van der Waals surface area contributed by atoms with Gasteiger partial charge in [0, 0.05) is 17.1 Å². The molecule has 3 nitrogen and oxygen atoms in total. The smallest absolute Gasteiger partial charge is 0.410 e. The molecule has 0 spiro atoms. The summed E-state index contributed by atoms with van der Waals surface area (Å²) in [7, 11) is 0. The van der Waals surface area contributed by atoms with Gasteiger partial charge in [0.15, 0.2) is 0 Å². The van der Waals surface area contributed by atoms with Crippen molar-refractivity contribution in [1.82, 2.24) is 4.90 Å². The van der Waals surface area contributed by atoms with E-state index in [2.05, 4.69) is 28.9 Å². The highest BCUT2D eigenvalue weighted by atomic mass is 79.9. The van der Waals surface area contributed by atoms with Crippen LogP contribution in [0.3, 0.4) is 0 Å². The zero-order valence-electron chi connectivity index (χ0n) is 12.6. The Bertz CT molecular complexity index is 504. The standard InChI is InChI=1S/C16H22BrNO2/c1-11-12(6-5-7-14(11)17)10-18(13-8-9-13)15(19)20-16(2,3)4/h5-7,13H,8-10H2,1-4H3. The van der Waals surface area contributed by atoms with E-state index < -0.39 is 5.60 Å². The highest BCUT2D eigenvalue weighted by Gasteiger charge is 2.35. The van der Waals surface area contributed by atoms with Crippen molar-refractivity contribution in [2.24, 2.45) is 0 Å². The number of ether oxygens (including phenoxy) is 1. The molecule has 1 fully saturated rings. The second-order valence-corrected chi connectivity index (χ2v) is 7.22. The summed E-state index contributed by atoms with van der Waals surface area (Å²) in [5.74, 6) is 0. The highest BCUT2D eigenvalue weighted by Crippen LogP contribution is 2.31. The molecule has 1 aliphatic rings. The summed E-state index contributed by atoms with van der Waals surface area (Å²) in [5.41, 5.74) is 1.90. The average molecular weight is 340 g/mol. The summed E-state index contributed by atoms with van der Waals surface area (Å²) in [6.45, 7) is 8.39. The molecule has 0 N–H and O–H groups in total. The van der Waals surface area contributed by atoms with Crippen molar-refractivity contribution >= 4 is 22.0 Å². The van der Waals surface area contributed by atoms with Crippen molar-refractivity contribution < 1.29 is 9.53 Å². The van der Waals surface area contributed by atoms with Gasteiger partial charge in [0.2, 0.25) is 0 Å². The molecule has 0 radical (unpaired) electrons. The SMILES string of the molecule is Cc1c(Br)cccc1CN(C(=O)OC(C)(C)C)C1CC1. The Morgan fingerprint density at radius 1 is 1.40 bits per heavy atom. The van der Waals surface area contributed by atoms with Gasteiger partial charge in [-0.05, 0) is 57.7 Å². The number of amides is 1.